The Kier molecular flexibility index (Phi) is 35.3. The molecule has 0 aromatic heterocycles. The van der Waals surface area contributed by atoms with Gasteiger partial charge in [0.2, 0.25) is 5.91 Å². The number of likely N-dealkylation sites (N-methyl/N-ethyl adjacent to an activating group) is 1. The second-order valence-corrected chi connectivity index (χ2v) is 17.5. The van der Waals surface area contributed by atoms with Crippen molar-refractivity contribution in [3.8, 4) is 0 Å². The van der Waals surface area contributed by atoms with E-state index >= 15 is 0 Å². The van der Waals surface area contributed by atoms with Crippen molar-refractivity contribution < 1.29 is 38.0 Å². The number of hydrogen-bond acceptors (Lipinski definition) is 6. The molecule has 9 nitrogen and oxygen atoms in total. The van der Waals surface area contributed by atoms with Gasteiger partial charge >= 0.3 is 7.82 Å². The number of quaternary nitrogens is 1. The van der Waals surface area contributed by atoms with Gasteiger partial charge in [-0.15, -0.1) is 0 Å². The van der Waals surface area contributed by atoms with E-state index < -0.39 is 20.0 Å². The Bertz CT molecular complexity index is 1100. The number of nitrogens with one attached hydrogen (secondary N) is 1. The van der Waals surface area contributed by atoms with Gasteiger partial charge in [-0.1, -0.05) is 145 Å². The van der Waals surface area contributed by atoms with Crippen molar-refractivity contribution in [2.24, 2.45) is 0 Å². The molecule has 0 saturated heterocycles. The number of allylic oxidation sites excluding steroid dienone is 9. The first-order chi connectivity index (χ1) is 26.4. The van der Waals surface area contributed by atoms with Crippen LogP contribution in [0.4, 0.5) is 0 Å². The number of phosphoric ester groups is 1. The van der Waals surface area contributed by atoms with Crippen LogP contribution in [0.2, 0.25) is 0 Å². The second kappa shape index (κ2) is 36.5. The first-order valence-corrected chi connectivity index (χ1v) is 23.2. The van der Waals surface area contributed by atoms with Crippen molar-refractivity contribution >= 4 is 13.7 Å². The lowest BCUT2D eigenvalue weighted by atomic mass is 10.0. The highest BCUT2D eigenvalue weighted by molar-refractivity contribution is 7.47. The Hall–Kier alpha value is -1.84. The Morgan fingerprint density at radius 3 is 1.65 bits per heavy atom. The van der Waals surface area contributed by atoms with E-state index in [4.69, 9.17) is 9.05 Å². The molecule has 0 saturated carbocycles. The van der Waals surface area contributed by atoms with E-state index in [0.29, 0.717) is 17.4 Å². The number of hydrogen-bond donors (Lipinski definition) is 4. The maximum Gasteiger partial charge on any atom is 0.472 e. The highest BCUT2D eigenvalue weighted by Crippen LogP contribution is 2.43. The summed E-state index contributed by atoms with van der Waals surface area (Å²) in [6.07, 6.45) is 44.2. The van der Waals surface area contributed by atoms with E-state index in [1.165, 1.54) is 70.6 Å². The van der Waals surface area contributed by atoms with Crippen molar-refractivity contribution in [2.75, 3.05) is 40.9 Å². The minimum Gasteiger partial charge on any atom is -0.393 e. The summed E-state index contributed by atoms with van der Waals surface area (Å²) in [5.74, 6) is -0.244. The van der Waals surface area contributed by atoms with E-state index in [2.05, 4.69) is 60.8 Å². The standard InChI is InChI=1S/C45H83N2O7P/c1-6-7-8-9-10-11-12-13-15-19-22-25-28-31-34-37-44(49)43(41-54-55(51,52)53-40-39-47(3,4)5)46-45(50)38-35-32-29-26-23-20-17-14-16-18-21-24-27-30-33-36-42(2)48/h16-18,20,24,26-27,29,34,37,42-44,48-49H,6-15,19,21-23,25,28,30-33,35-36,38-41H2,1-5H3,(H-,46,50,51,52)/p+1/b18-16-,20-17-,27-24-,29-26-,37-34+/t42-,43-,44+/m0/s1. The fraction of sp³-hybridized carbons (Fsp3) is 0.756. The lowest BCUT2D eigenvalue weighted by Gasteiger charge is -2.25. The molecule has 0 spiro atoms. The van der Waals surface area contributed by atoms with Crippen LogP contribution in [0.1, 0.15) is 162 Å². The number of phosphoric acid groups is 1. The van der Waals surface area contributed by atoms with E-state index in [9.17, 15) is 24.5 Å². The van der Waals surface area contributed by atoms with Gasteiger partial charge in [0.15, 0.2) is 0 Å². The van der Waals surface area contributed by atoms with Crippen LogP contribution >= 0.6 is 7.82 Å². The predicted molar refractivity (Wildman–Crippen MR) is 232 cm³/mol. The maximum absolute atomic E-state index is 12.8. The molecule has 0 bridgehead atoms. The molecule has 55 heavy (non-hydrogen) atoms. The fourth-order valence-electron chi connectivity index (χ4n) is 5.76. The summed E-state index contributed by atoms with van der Waals surface area (Å²) in [6.45, 7) is 4.30. The first-order valence-electron chi connectivity index (χ1n) is 21.7. The third-order valence-electron chi connectivity index (χ3n) is 9.25. The first kappa shape index (κ1) is 53.2. The van der Waals surface area contributed by atoms with Gasteiger partial charge < -0.3 is 24.9 Å². The smallest absolute Gasteiger partial charge is 0.393 e. The number of carbonyl (C=O) groups is 1. The molecule has 1 amide bonds. The van der Waals surface area contributed by atoms with E-state index in [0.717, 1.165) is 64.2 Å². The molecular weight excluding hydrogens is 711 g/mol. The van der Waals surface area contributed by atoms with Gasteiger partial charge in [0.1, 0.15) is 13.2 Å². The normalized spacial score (nSPS) is 15.6. The number of amides is 1. The van der Waals surface area contributed by atoms with Crippen LogP contribution in [0.3, 0.4) is 0 Å². The minimum absolute atomic E-state index is 0.0430. The van der Waals surface area contributed by atoms with Crippen molar-refractivity contribution in [1.29, 1.82) is 0 Å². The van der Waals surface area contributed by atoms with Gasteiger partial charge in [0.25, 0.3) is 0 Å². The molecule has 320 valence electrons. The van der Waals surface area contributed by atoms with Gasteiger partial charge in [0.05, 0.1) is 46.0 Å². The Labute approximate surface area is 337 Å². The second-order valence-electron chi connectivity index (χ2n) is 16.0. The average Bonchev–Trinajstić information content (AvgIpc) is 3.12. The zero-order valence-corrected chi connectivity index (χ0v) is 36.7. The minimum atomic E-state index is -4.36. The topological polar surface area (TPSA) is 125 Å². The Morgan fingerprint density at radius 2 is 1.15 bits per heavy atom. The van der Waals surface area contributed by atoms with Crippen molar-refractivity contribution in [2.45, 2.75) is 180 Å². The van der Waals surface area contributed by atoms with Crippen LogP contribution in [0.15, 0.2) is 60.8 Å². The van der Waals surface area contributed by atoms with Crippen LogP contribution in [-0.4, -0.2) is 84.6 Å². The van der Waals surface area contributed by atoms with Crippen LogP contribution in [0.25, 0.3) is 0 Å². The van der Waals surface area contributed by atoms with Crippen LogP contribution < -0.4 is 5.32 Å². The molecule has 0 aliphatic heterocycles. The molecule has 0 aliphatic carbocycles. The van der Waals surface area contributed by atoms with Gasteiger partial charge in [-0.3, -0.25) is 13.8 Å². The fourth-order valence-corrected chi connectivity index (χ4v) is 6.49. The summed E-state index contributed by atoms with van der Waals surface area (Å²) >= 11 is 0. The average molecular weight is 796 g/mol. The number of rotatable bonds is 38. The van der Waals surface area contributed by atoms with E-state index in [1.54, 1.807) is 6.08 Å². The van der Waals surface area contributed by atoms with E-state index in [-0.39, 0.29) is 31.6 Å². The predicted octanol–water partition coefficient (Wildman–Crippen LogP) is 10.8. The molecule has 4 N–H and O–H groups in total. The van der Waals surface area contributed by atoms with Gasteiger partial charge in [0, 0.05) is 6.42 Å². The molecule has 0 heterocycles. The molecule has 0 aliphatic rings. The summed E-state index contributed by atoms with van der Waals surface area (Å²) in [5, 5.41) is 23.0. The lowest BCUT2D eigenvalue weighted by molar-refractivity contribution is -0.870. The molecule has 0 rings (SSSR count). The number of aliphatic hydroxyl groups is 2. The highest BCUT2D eigenvalue weighted by atomic mass is 31.2. The molecule has 0 aromatic rings. The van der Waals surface area contributed by atoms with Crippen LogP contribution in [0, 0.1) is 0 Å². The summed E-state index contributed by atoms with van der Waals surface area (Å²) in [6, 6.07) is -0.885. The van der Waals surface area contributed by atoms with Gasteiger partial charge in [-0.25, -0.2) is 4.57 Å². The number of unbranched alkanes of at least 4 members (excludes halogenated alkanes) is 15. The van der Waals surface area contributed by atoms with Gasteiger partial charge in [-0.05, 0) is 71.1 Å². The molecule has 0 aromatic carbocycles. The molecule has 0 fully saturated rings. The highest BCUT2D eigenvalue weighted by Gasteiger charge is 2.27. The quantitative estimate of drug-likeness (QED) is 0.0212. The summed E-state index contributed by atoms with van der Waals surface area (Å²) in [5.41, 5.74) is 0. The number of nitrogens with zero attached hydrogens (tertiary/aromatic N) is 1. The van der Waals surface area contributed by atoms with Crippen molar-refractivity contribution in [1.82, 2.24) is 5.32 Å². The molecule has 1 unspecified atom stereocenters. The summed E-state index contributed by atoms with van der Waals surface area (Å²) in [7, 11) is 1.51. The Morgan fingerprint density at radius 1 is 0.673 bits per heavy atom. The third kappa shape index (κ3) is 40.2. The molecule has 10 heteroatoms. The lowest BCUT2D eigenvalue weighted by Crippen LogP contribution is -2.45. The number of aliphatic hydroxyl groups excluding tert-OH is 2. The van der Waals surface area contributed by atoms with Crippen molar-refractivity contribution in [3.05, 3.63) is 60.8 Å². The van der Waals surface area contributed by atoms with E-state index in [1.807, 2.05) is 34.1 Å². The summed E-state index contributed by atoms with van der Waals surface area (Å²) < 4.78 is 23.5. The van der Waals surface area contributed by atoms with Gasteiger partial charge in [-0.2, -0.15) is 0 Å². The SMILES string of the molecule is CCCCCCCCCCCCCCC/C=C/[C@@H](O)[C@H](COP(=O)(O)OCC[N+](C)(C)C)NC(=O)CCC/C=C\C/C=C\C/C=C\C/C=C\CCC[C@H](C)O. The molecule has 0 radical (unpaired) electrons. The monoisotopic (exact) mass is 796 g/mol. The van der Waals surface area contributed by atoms with Crippen LogP contribution in [0.5, 0.6) is 0 Å². The van der Waals surface area contributed by atoms with Crippen molar-refractivity contribution in [3.63, 3.8) is 0 Å². The molecule has 4 atom stereocenters. The Balaban J connectivity index is 4.57. The number of carbonyl (C=O) groups excluding carboxylic acids is 1. The zero-order valence-electron chi connectivity index (χ0n) is 35.8. The largest absolute Gasteiger partial charge is 0.472 e. The zero-order chi connectivity index (χ0) is 40.9. The molecular formula is C45H84N2O7P+. The van der Waals surface area contributed by atoms with Crippen LogP contribution in [-0.2, 0) is 18.4 Å². The third-order valence-corrected chi connectivity index (χ3v) is 10.2. The maximum atomic E-state index is 12.8. The summed E-state index contributed by atoms with van der Waals surface area (Å²) in [4.78, 5) is 23.1.